The van der Waals surface area contributed by atoms with Gasteiger partial charge in [-0.1, -0.05) is 13.8 Å². The molecule has 0 radical (unpaired) electrons. The van der Waals surface area contributed by atoms with E-state index in [1.165, 1.54) is 6.33 Å². The number of aliphatic carboxylic acids is 1. The Kier molecular flexibility index (Phi) is 6.02. The molecular weight excluding hydrogens is 182 g/mol. The fraction of sp³-hybridized carbons (Fsp3) is 0.444. The van der Waals surface area contributed by atoms with Crippen LogP contribution in [-0.4, -0.2) is 21.0 Å². The second kappa shape index (κ2) is 6.82. The van der Waals surface area contributed by atoms with E-state index in [1.54, 1.807) is 12.4 Å². The molecule has 0 spiro atoms. The zero-order chi connectivity index (χ0) is 11.0. The van der Waals surface area contributed by atoms with Gasteiger partial charge >= 0.3 is 5.97 Å². The van der Waals surface area contributed by atoms with Crippen LogP contribution in [0.4, 0.5) is 5.69 Å². The number of nitrogens with zero attached hydrogens (tertiary/aromatic N) is 2. The molecule has 0 aromatic carbocycles. The van der Waals surface area contributed by atoms with E-state index < -0.39 is 5.97 Å². The maximum atomic E-state index is 9.81. The number of aromatic nitrogens is 2. The van der Waals surface area contributed by atoms with Crippen LogP contribution in [0.1, 0.15) is 20.3 Å². The minimum Gasteiger partial charge on any atom is -0.481 e. The smallest absolute Gasteiger partial charge is 0.303 e. The molecule has 0 saturated heterocycles. The summed E-state index contributed by atoms with van der Waals surface area (Å²) in [7, 11) is 0. The SMILES string of the molecule is CC(C)CC(=O)O.Nc1cncnc1. The largest absolute Gasteiger partial charge is 0.481 e. The van der Waals surface area contributed by atoms with E-state index in [4.69, 9.17) is 10.8 Å². The highest BCUT2D eigenvalue weighted by Crippen LogP contribution is 1.96. The molecule has 0 saturated carbocycles. The Labute approximate surface area is 83.0 Å². The molecule has 78 valence electrons. The Morgan fingerprint density at radius 3 is 2.14 bits per heavy atom. The zero-order valence-electron chi connectivity index (χ0n) is 8.34. The number of hydrogen-bond donors (Lipinski definition) is 2. The maximum absolute atomic E-state index is 9.81. The molecule has 0 unspecified atom stereocenters. The first-order valence-corrected chi connectivity index (χ1v) is 4.24. The Morgan fingerprint density at radius 1 is 1.50 bits per heavy atom. The van der Waals surface area contributed by atoms with Crippen molar-refractivity contribution in [1.82, 2.24) is 9.97 Å². The Bertz CT molecular complexity index is 262. The third-order valence-electron chi connectivity index (χ3n) is 1.16. The van der Waals surface area contributed by atoms with Crippen LogP contribution >= 0.6 is 0 Å². The number of carboxylic acid groups (broad SMARTS) is 1. The average Bonchev–Trinajstić information content (AvgIpc) is 2.03. The number of carbonyl (C=O) groups is 1. The Morgan fingerprint density at radius 2 is 2.00 bits per heavy atom. The third-order valence-corrected chi connectivity index (χ3v) is 1.16. The predicted molar refractivity (Wildman–Crippen MR) is 53.5 cm³/mol. The van der Waals surface area contributed by atoms with E-state index in [-0.39, 0.29) is 12.3 Å². The van der Waals surface area contributed by atoms with Gasteiger partial charge in [0.15, 0.2) is 0 Å². The molecule has 0 fully saturated rings. The summed E-state index contributed by atoms with van der Waals surface area (Å²) in [6.45, 7) is 3.77. The number of nitrogens with two attached hydrogens (primary N) is 1. The lowest BCUT2D eigenvalue weighted by atomic mass is 10.1. The van der Waals surface area contributed by atoms with E-state index in [0.717, 1.165) is 0 Å². The van der Waals surface area contributed by atoms with E-state index >= 15 is 0 Å². The van der Waals surface area contributed by atoms with Gasteiger partial charge in [0.1, 0.15) is 6.33 Å². The molecule has 5 heteroatoms. The second-order valence-electron chi connectivity index (χ2n) is 3.16. The quantitative estimate of drug-likeness (QED) is 0.743. The van der Waals surface area contributed by atoms with E-state index in [9.17, 15) is 4.79 Å². The lowest BCUT2D eigenvalue weighted by molar-refractivity contribution is -0.137. The molecule has 3 N–H and O–H groups in total. The van der Waals surface area contributed by atoms with Crippen LogP contribution in [0.5, 0.6) is 0 Å². The highest BCUT2D eigenvalue weighted by atomic mass is 16.4. The van der Waals surface area contributed by atoms with Gasteiger partial charge in [-0.15, -0.1) is 0 Å². The summed E-state index contributed by atoms with van der Waals surface area (Å²) in [5.41, 5.74) is 5.83. The van der Waals surface area contributed by atoms with E-state index in [1.807, 2.05) is 13.8 Å². The van der Waals surface area contributed by atoms with Crippen molar-refractivity contribution in [2.75, 3.05) is 5.73 Å². The fourth-order valence-electron chi connectivity index (χ4n) is 0.660. The normalized spacial score (nSPS) is 9.07. The fourth-order valence-corrected chi connectivity index (χ4v) is 0.660. The summed E-state index contributed by atoms with van der Waals surface area (Å²) >= 11 is 0. The van der Waals surface area contributed by atoms with Crippen LogP contribution in [0.3, 0.4) is 0 Å². The molecule has 1 aromatic rings. The van der Waals surface area contributed by atoms with Crippen LogP contribution in [0.25, 0.3) is 0 Å². The van der Waals surface area contributed by atoms with Gasteiger partial charge in [0.05, 0.1) is 18.1 Å². The molecule has 1 aromatic heterocycles. The van der Waals surface area contributed by atoms with Crippen LogP contribution < -0.4 is 5.73 Å². The molecule has 0 aliphatic carbocycles. The van der Waals surface area contributed by atoms with E-state index in [2.05, 4.69) is 9.97 Å². The molecule has 0 aliphatic heterocycles. The van der Waals surface area contributed by atoms with Crippen LogP contribution in [0, 0.1) is 5.92 Å². The summed E-state index contributed by atoms with van der Waals surface area (Å²) < 4.78 is 0. The number of anilines is 1. The molecule has 0 amide bonds. The average molecular weight is 197 g/mol. The van der Waals surface area contributed by atoms with Gasteiger partial charge in [-0.05, 0) is 5.92 Å². The first kappa shape index (κ1) is 12.3. The molecule has 5 nitrogen and oxygen atoms in total. The molecular formula is C9H15N3O2. The highest BCUT2D eigenvalue weighted by Gasteiger charge is 1.98. The van der Waals surface area contributed by atoms with Gasteiger partial charge in [0, 0.05) is 6.42 Å². The molecule has 0 bridgehead atoms. The van der Waals surface area contributed by atoms with Crippen molar-refractivity contribution in [2.24, 2.45) is 5.92 Å². The summed E-state index contributed by atoms with van der Waals surface area (Å²) in [6, 6.07) is 0. The molecule has 0 aliphatic rings. The lowest BCUT2D eigenvalue weighted by Gasteiger charge is -1.94. The maximum Gasteiger partial charge on any atom is 0.303 e. The molecule has 14 heavy (non-hydrogen) atoms. The highest BCUT2D eigenvalue weighted by molar-refractivity contribution is 5.66. The van der Waals surface area contributed by atoms with Gasteiger partial charge < -0.3 is 10.8 Å². The van der Waals surface area contributed by atoms with Gasteiger partial charge in [-0.2, -0.15) is 0 Å². The first-order chi connectivity index (χ1) is 6.52. The number of carboxylic acids is 1. The summed E-state index contributed by atoms with van der Waals surface area (Å²) in [5.74, 6) is -0.438. The van der Waals surface area contributed by atoms with Gasteiger partial charge in [0.2, 0.25) is 0 Å². The second-order valence-corrected chi connectivity index (χ2v) is 3.16. The minimum absolute atomic E-state index is 0.275. The number of hydrogen-bond acceptors (Lipinski definition) is 4. The van der Waals surface area contributed by atoms with Gasteiger partial charge in [-0.25, -0.2) is 9.97 Å². The predicted octanol–water partition coefficient (Wildman–Crippen LogP) is 1.18. The summed E-state index contributed by atoms with van der Waals surface area (Å²) in [6.07, 6.45) is 4.82. The van der Waals surface area contributed by atoms with Crippen molar-refractivity contribution in [3.63, 3.8) is 0 Å². The zero-order valence-corrected chi connectivity index (χ0v) is 8.34. The molecule has 0 atom stereocenters. The standard InChI is InChI=1S/C5H10O2.C4H5N3/c1-4(2)3-5(6)7;5-4-1-6-3-7-2-4/h4H,3H2,1-2H3,(H,6,7);1-3H,5H2. The van der Waals surface area contributed by atoms with E-state index in [0.29, 0.717) is 5.69 Å². The van der Waals surface area contributed by atoms with Crippen molar-refractivity contribution in [3.05, 3.63) is 18.7 Å². The third kappa shape index (κ3) is 8.45. The monoisotopic (exact) mass is 197 g/mol. The topological polar surface area (TPSA) is 89.1 Å². The lowest BCUT2D eigenvalue weighted by Crippen LogP contribution is -1.99. The van der Waals surface area contributed by atoms with Crippen molar-refractivity contribution < 1.29 is 9.90 Å². The number of nitrogen functional groups attached to an aromatic ring is 1. The minimum atomic E-state index is -0.713. The van der Waals surface area contributed by atoms with Gasteiger partial charge in [-0.3, -0.25) is 4.79 Å². The summed E-state index contributed by atoms with van der Waals surface area (Å²) in [4.78, 5) is 17.1. The Hall–Kier alpha value is -1.65. The Balaban J connectivity index is 0.000000241. The number of rotatable bonds is 2. The molecule has 1 rings (SSSR count). The first-order valence-electron chi connectivity index (χ1n) is 4.24. The van der Waals surface area contributed by atoms with Crippen molar-refractivity contribution in [2.45, 2.75) is 20.3 Å². The van der Waals surface area contributed by atoms with Crippen molar-refractivity contribution >= 4 is 11.7 Å². The van der Waals surface area contributed by atoms with Crippen LogP contribution in [-0.2, 0) is 4.79 Å². The van der Waals surface area contributed by atoms with Gasteiger partial charge in [0.25, 0.3) is 0 Å². The van der Waals surface area contributed by atoms with Crippen molar-refractivity contribution in [3.8, 4) is 0 Å². The molecule has 1 heterocycles. The van der Waals surface area contributed by atoms with Crippen molar-refractivity contribution in [1.29, 1.82) is 0 Å². The summed E-state index contributed by atoms with van der Waals surface area (Å²) in [5, 5.41) is 8.08. The van der Waals surface area contributed by atoms with Crippen LogP contribution in [0.2, 0.25) is 0 Å². The van der Waals surface area contributed by atoms with Crippen LogP contribution in [0.15, 0.2) is 18.7 Å².